The van der Waals surface area contributed by atoms with Crippen LogP contribution in [0.15, 0.2) is 0 Å². The van der Waals surface area contributed by atoms with Crippen LogP contribution in [-0.2, 0) is 6.54 Å². The number of nitrogens with one attached hydrogen (secondary N) is 1. The lowest BCUT2D eigenvalue weighted by Gasteiger charge is -2.32. The van der Waals surface area contributed by atoms with E-state index >= 15 is 0 Å². The minimum absolute atomic E-state index is 0.830. The lowest BCUT2D eigenvalue weighted by atomic mass is 9.96. The Morgan fingerprint density at radius 3 is 2.78 bits per heavy atom. The molecule has 1 aliphatic rings. The molecule has 0 radical (unpaired) electrons. The molecule has 6 nitrogen and oxygen atoms in total. The zero-order valence-corrected chi connectivity index (χ0v) is 11.9. The van der Waals surface area contributed by atoms with Crippen LogP contribution in [0.2, 0.25) is 0 Å². The maximum atomic E-state index is 5.43. The van der Waals surface area contributed by atoms with E-state index in [0.29, 0.717) is 0 Å². The fourth-order valence-electron chi connectivity index (χ4n) is 2.48. The van der Waals surface area contributed by atoms with Gasteiger partial charge in [0.2, 0.25) is 0 Å². The summed E-state index contributed by atoms with van der Waals surface area (Å²) in [5.41, 5.74) is 3.63. The van der Waals surface area contributed by atoms with Crippen molar-refractivity contribution in [1.29, 1.82) is 0 Å². The molecule has 0 amide bonds. The Balaban J connectivity index is 1.80. The standard InChI is InChI=1S/C11H22N6S/c1-16(2)7-9-3-5-17(6-4-9)8-10-11(13-12)18-15-14-10/h9,13H,3-8,12H2,1-2H3. The molecular formula is C11H22N6S. The van der Waals surface area contributed by atoms with Crippen molar-refractivity contribution in [1.82, 2.24) is 19.4 Å². The fraction of sp³-hybridized carbons (Fsp3) is 0.818. The van der Waals surface area contributed by atoms with Crippen LogP contribution in [0.1, 0.15) is 18.5 Å². The van der Waals surface area contributed by atoms with Gasteiger partial charge in [-0.2, -0.15) is 0 Å². The van der Waals surface area contributed by atoms with Crippen LogP contribution in [0.25, 0.3) is 0 Å². The molecule has 0 atom stereocenters. The third-order valence-corrected chi connectivity index (χ3v) is 4.09. The zero-order valence-electron chi connectivity index (χ0n) is 11.1. The van der Waals surface area contributed by atoms with Crippen LogP contribution < -0.4 is 11.3 Å². The first-order chi connectivity index (χ1) is 8.69. The molecule has 18 heavy (non-hydrogen) atoms. The van der Waals surface area contributed by atoms with Crippen LogP contribution >= 0.6 is 11.5 Å². The van der Waals surface area contributed by atoms with Crippen LogP contribution in [0.5, 0.6) is 0 Å². The summed E-state index contributed by atoms with van der Waals surface area (Å²) in [6.45, 7) is 4.33. The molecule has 1 aromatic heterocycles. The molecular weight excluding hydrogens is 248 g/mol. The Kier molecular flexibility index (Phi) is 4.87. The van der Waals surface area contributed by atoms with E-state index in [1.165, 1.54) is 30.9 Å². The predicted molar refractivity (Wildman–Crippen MR) is 74.3 cm³/mol. The van der Waals surface area contributed by atoms with E-state index in [1.807, 2.05) is 0 Å². The van der Waals surface area contributed by atoms with E-state index in [1.54, 1.807) is 0 Å². The summed E-state index contributed by atoms with van der Waals surface area (Å²) in [6, 6.07) is 0. The highest BCUT2D eigenvalue weighted by Gasteiger charge is 2.21. The van der Waals surface area contributed by atoms with Gasteiger partial charge in [0.15, 0.2) is 0 Å². The van der Waals surface area contributed by atoms with Gasteiger partial charge in [-0.15, -0.1) is 5.10 Å². The maximum Gasteiger partial charge on any atom is 0.148 e. The van der Waals surface area contributed by atoms with Crippen molar-refractivity contribution >= 4 is 16.5 Å². The summed E-state index contributed by atoms with van der Waals surface area (Å²) in [4.78, 5) is 4.71. The fourth-order valence-corrected chi connectivity index (χ4v) is 2.96. The predicted octanol–water partition coefficient (Wildman–Crippen LogP) is 0.597. The average Bonchev–Trinajstić information content (AvgIpc) is 2.78. The van der Waals surface area contributed by atoms with Gasteiger partial charge in [-0.3, -0.25) is 4.90 Å². The second-order valence-electron chi connectivity index (χ2n) is 5.17. The van der Waals surface area contributed by atoms with Crippen LogP contribution in [0.4, 0.5) is 5.00 Å². The van der Waals surface area contributed by atoms with E-state index in [9.17, 15) is 0 Å². The van der Waals surface area contributed by atoms with Gasteiger partial charge >= 0.3 is 0 Å². The van der Waals surface area contributed by atoms with Crippen LogP contribution in [-0.4, -0.2) is 53.1 Å². The Bertz CT molecular complexity index is 358. The Hall–Kier alpha value is -0.760. The van der Waals surface area contributed by atoms with E-state index in [-0.39, 0.29) is 0 Å². The molecule has 102 valence electrons. The van der Waals surface area contributed by atoms with Crippen LogP contribution in [0.3, 0.4) is 0 Å². The van der Waals surface area contributed by atoms with E-state index < -0.39 is 0 Å². The van der Waals surface area contributed by atoms with Gasteiger partial charge in [0, 0.05) is 24.6 Å². The van der Waals surface area contributed by atoms with E-state index in [0.717, 1.165) is 36.2 Å². The summed E-state index contributed by atoms with van der Waals surface area (Å²) in [7, 11) is 4.29. The number of aromatic nitrogens is 2. The Morgan fingerprint density at radius 2 is 2.17 bits per heavy atom. The number of nitrogens with zero attached hydrogens (tertiary/aromatic N) is 4. The molecule has 0 unspecified atom stereocenters. The summed E-state index contributed by atoms with van der Waals surface area (Å²) in [6.07, 6.45) is 2.53. The highest BCUT2D eigenvalue weighted by Crippen LogP contribution is 2.22. The number of likely N-dealkylation sites (tertiary alicyclic amines) is 1. The smallest absolute Gasteiger partial charge is 0.148 e. The van der Waals surface area contributed by atoms with Crippen molar-refractivity contribution in [2.24, 2.45) is 11.8 Å². The monoisotopic (exact) mass is 270 g/mol. The number of hydrazine groups is 1. The molecule has 0 bridgehead atoms. The van der Waals surface area contributed by atoms with Crippen molar-refractivity contribution in [2.75, 3.05) is 39.2 Å². The minimum atomic E-state index is 0.830. The summed E-state index contributed by atoms with van der Waals surface area (Å²) < 4.78 is 3.93. The molecule has 1 aliphatic heterocycles. The molecule has 2 heterocycles. The summed E-state index contributed by atoms with van der Waals surface area (Å²) in [5, 5.41) is 5.00. The minimum Gasteiger partial charge on any atom is -0.313 e. The zero-order chi connectivity index (χ0) is 13.0. The number of rotatable bonds is 5. The number of hydrogen-bond acceptors (Lipinski definition) is 7. The molecule has 7 heteroatoms. The molecule has 1 aromatic rings. The first kappa shape index (κ1) is 13.7. The molecule has 0 aromatic carbocycles. The lowest BCUT2D eigenvalue weighted by molar-refractivity contribution is 0.155. The third kappa shape index (κ3) is 3.61. The molecule has 0 saturated carbocycles. The van der Waals surface area contributed by atoms with E-state index in [4.69, 9.17) is 5.84 Å². The quantitative estimate of drug-likeness (QED) is 0.603. The van der Waals surface area contributed by atoms with Crippen LogP contribution in [0, 0.1) is 5.92 Å². The topological polar surface area (TPSA) is 70.3 Å². The number of anilines is 1. The highest BCUT2D eigenvalue weighted by molar-refractivity contribution is 7.10. The maximum absolute atomic E-state index is 5.43. The molecule has 0 aliphatic carbocycles. The molecule has 0 spiro atoms. The molecule has 3 N–H and O–H groups in total. The van der Waals surface area contributed by atoms with Gasteiger partial charge in [-0.25, -0.2) is 5.84 Å². The normalized spacial score (nSPS) is 18.4. The largest absolute Gasteiger partial charge is 0.313 e. The molecule has 1 fully saturated rings. The lowest BCUT2D eigenvalue weighted by Crippen LogP contribution is -2.36. The van der Waals surface area contributed by atoms with Crippen molar-refractivity contribution in [3.05, 3.63) is 5.69 Å². The van der Waals surface area contributed by atoms with Gasteiger partial charge in [-0.05, 0) is 45.9 Å². The van der Waals surface area contributed by atoms with Gasteiger partial charge in [0.05, 0.1) is 0 Å². The van der Waals surface area contributed by atoms with Crippen molar-refractivity contribution < 1.29 is 0 Å². The SMILES string of the molecule is CN(C)CC1CCN(Cc2nnsc2NN)CC1. The van der Waals surface area contributed by atoms with Crippen molar-refractivity contribution in [2.45, 2.75) is 19.4 Å². The average molecular weight is 270 g/mol. The summed E-state index contributed by atoms with van der Waals surface area (Å²) >= 11 is 1.32. The van der Waals surface area contributed by atoms with Gasteiger partial charge in [-0.1, -0.05) is 4.49 Å². The number of nitrogens with two attached hydrogens (primary N) is 1. The molecule has 1 saturated heterocycles. The first-order valence-corrected chi connectivity index (χ1v) is 7.11. The Labute approximate surface area is 112 Å². The number of piperidine rings is 1. The Morgan fingerprint density at radius 1 is 1.44 bits per heavy atom. The van der Waals surface area contributed by atoms with Gasteiger partial charge < -0.3 is 10.3 Å². The van der Waals surface area contributed by atoms with E-state index in [2.05, 4.69) is 38.9 Å². The second kappa shape index (κ2) is 6.42. The second-order valence-corrected chi connectivity index (χ2v) is 5.93. The van der Waals surface area contributed by atoms with Crippen molar-refractivity contribution in [3.8, 4) is 0 Å². The van der Waals surface area contributed by atoms with Crippen molar-refractivity contribution in [3.63, 3.8) is 0 Å². The van der Waals surface area contributed by atoms with Gasteiger partial charge in [0.25, 0.3) is 0 Å². The first-order valence-electron chi connectivity index (χ1n) is 6.34. The van der Waals surface area contributed by atoms with Gasteiger partial charge in [0.1, 0.15) is 10.7 Å². The molecule has 2 rings (SSSR count). The summed E-state index contributed by atoms with van der Waals surface area (Å²) in [5.74, 6) is 6.26. The highest BCUT2D eigenvalue weighted by atomic mass is 32.1. The number of hydrogen-bond donors (Lipinski definition) is 2. The third-order valence-electron chi connectivity index (χ3n) is 3.39. The number of nitrogen functional groups attached to an aromatic ring is 1.